The van der Waals surface area contributed by atoms with Crippen LogP contribution in [0.2, 0.25) is 0 Å². The fourth-order valence-electron chi connectivity index (χ4n) is 2.68. The zero-order chi connectivity index (χ0) is 18.7. The zero-order valence-electron chi connectivity index (χ0n) is 15.6. The average molecular weight is 368 g/mol. The number of nitrogens with zero attached hydrogens (tertiary/aromatic N) is 2. The maximum Gasteiger partial charge on any atom is 0.255 e. The van der Waals surface area contributed by atoms with Crippen molar-refractivity contribution in [2.24, 2.45) is 5.41 Å². The second-order valence-electron chi connectivity index (χ2n) is 8.02. The van der Waals surface area contributed by atoms with E-state index in [1.54, 1.807) is 17.2 Å². The molecule has 1 aliphatic rings. The van der Waals surface area contributed by atoms with Gasteiger partial charge in [0.1, 0.15) is 5.82 Å². The van der Waals surface area contributed by atoms with Gasteiger partial charge < -0.3 is 10.2 Å². The lowest BCUT2D eigenvalue weighted by Gasteiger charge is -2.26. The van der Waals surface area contributed by atoms with Crippen molar-refractivity contribution in [2.75, 3.05) is 29.9 Å². The molecule has 1 saturated heterocycles. The minimum Gasteiger partial charge on any atom is -0.368 e. The first-order chi connectivity index (χ1) is 11.6. The summed E-state index contributed by atoms with van der Waals surface area (Å²) in [5, 5.41) is 3.36. The summed E-state index contributed by atoms with van der Waals surface area (Å²) in [5.41, 5.74) is 0.800. The predicted octanol–water partition coefficient (Wildman–Crippen LogP) is 2.58. The van der Waals surface area contributed by atoms with Crippen LogP contribution in [-0.2, 0) is 9.84 Å². The summed E-state index contributed by atoms with van der Waals surface area (Å²) in [4.78, 5) is 18.3. The number of hydrogen-bond donors (Lipinski definition) is 1. The Bertz CT molecular complexity index is 679. The van der Waals surface area contributed by atoms with Crippen molar-refractivity contribution in [3.8, 4) is 0 Å². The van der Waals surface area contributed by atoms with Crippen LogP contribution < -0.4 is 5.32 Å². The molecule has 1 aromatic heterocycles. The van der Waals surface area contributed by atoms with E-state index < -0.39 is 9.84 Å². The summed E-state index contributed by atoms with van der Waals surface area (Å²) >= 11 is 0. The smallest absolute Gasteiger partial charge is 0.255 e. The quantitative estimate of drug-likeness (QED) is 0.865. The van der Waals surface area contributed by atoms with Crippen LogP contribution in [0, 0.1) is 5.41 Å². The Morgan fingerprint density at radius 3 is 2.44 bits per heavy atom. The minimum absolute atomic E-state index is 0.0388. The SMILES string of the molecule is CC(CCC(C)(C)C)Nc1ccc(C(=O)N2CCS(=O)(=O)CC2)cn1. The molecular formula is C18H29N3O3S. The molecule has 1 N–H and O–H groups in total. The molecule has 1 atom stereocenters. The van der Waals surface area contributed by atoms with Gasteiger partial charge in [-0.15, -0.1) is 0 Å². The van der Waals surface area contributed by atoms with Crippen molar-refractivity contribution in [1.82, 2.24) is 9.88 Å². The van der Waals surface area contributed by atoms with Gasteiger partial charge in [-0.3, -0.25) is 4.79 Å². The van der Waals surface area contributed by atoms with Crippen LogP contribution in [-0.4, -0.2) is 54.8 Å². The Hall–Kier alpha value is -1.63. The minimum atomic E-state index is -2.99. The first-order valence-electron chi connectivity index (χ1n) is 8.78. The molecule has 0 spiro atoms. The van der Waals surface area contributed by atoms with Crippen molar-refractivity contribution in [3.63, 3.8) is 0 Å². The van der Waals surface area contributed by atoms with Crippen molar-refractivity contribution in [3.05, 3.63) is 23.9 Å². The van der Waals surface area contributed by atoms with Crippen molar-refractivity contribution in [1.29, 1.82) is 0 Å². The van der Waals surface area contributed by atoms with Crippen molar-refractivity contribution in [2.45, 2.75) is 46.6 Å². The molecule has 140 valence electrons. The fourth-order valence-corrected chi connectivity index (χ4v) is 3.88. The first kappa shape index (κ1) is 19.7. The monoisotopic (exact) mass is 367 g/mol. The van der Waals surface area contributed by atoms with E-state index in [0.29, 0.717) is 17.0 Å². The molecule has 1 aromatic rings. The van der Waals surface area contributed by atoms with Gasteiger partial charge in [-0.1, -0.05) is 20.8 Å². The molecule has 2 heterocycles. The largest absolute Gasteiger partial charge is 0.368 e. The summed E-state index contributed by atoms with van der Waals surface area (Å²) in [6.07, 6.45) is 3.73. The van der Waals surface area contributed by atoms with E-state index in [2.05, 4.69) is 38.0 Å². The maximum atomic E-state index is 12.4. The molecule has 1 amide bonds. The average Bonchev–Trinajstić information content (AvgIpc) is 2.52. The van der Waals surface area contributed by atoms with Crippen LogP contribution in [0.4, 0.5) is 5.82 Å². The Morgan fingerprint density at radius 2 is 1.92 bits per heavy atom. The van der Waals surface area contributed by atoms with E-state index in [1.165, 1.54) is 0 Å². The van der Waals surface area contributed by atoms with Gasteiger partial charge in [0.05, 0.1) is 17.1 Å². The van der Waals surface area contributed by atoms with E-state index in [4.69, 9.17) is 0 Å². The van der Waals surface area contributed by atoms with E-state index in [-0.39, 0.29) is 30.5 Å². The number of aromatic nitrogens is 1. The second kappa shape index (κ2) is 7.72. The Kier molecular flexibility index (Phi) is 6.08. The van der Waals surface area contributed by atoms with Crippen LogP contribution in [0.15, 0.2) is 18.3 Å². The predicted molar refractivity (Wildman–Crippen MR) is 101 cm³/mol. The molecule has 6 nitrogen and oxygen atoms in total. The maximum absolute atomic E-state index is 12.4. The molecular weight excluding hydrogens is 338 g/mol. The molecule has 25 heavy (non-hydrogen) atoms. The second-order valence-corrected chi connectivity index (χ2v) is 10.3. The molecule has 0 aliphatic carbocycles. The van der Waals surface area contributed by atoms with Gasteiger partial charge in [-0.2, -0.15) is 0 Å². The van der Waals surface area contributed by atoms with Gasteiger partial charge in [0, 0.05) is 25.3 Å². The highest BCUT2D eigenvalue weighted by Crippen LogP contribution is 2.22. The highest BCUT2D eigenvalue weighted by molar-refractivity contribution is 7.91. The van der Waals surface area contributed by atoms with E-state index in [9.17, 15) is 13.2 Å². The Balaban J connectivity index is 1.90. The summed E-state index contributed by atoms with van der Waals surface area (Å²) in [7, 11) is -2.99. The zero-order valence-corrected chi connectivity index (χ0v) is 16.4. The lowest BCUT2D eigenvalue weighted by atomic mass is 9.89. The van der Waals surface area contributed by atoms with E-state index in [1.807, 2.05) is 6.07 Å². The van der Waals surface area contributed by atoms with Gasteiger partial charge in [-0.25, -0.2) is 13.4 Å². The number of carbonyl (C=O) groups is 1. The van der Waals surface area contributed by atoms with Crippen molar-refractivity contribution < 1.29 is 13.2 Å². The number of anilines is 1. The third-order valence-corrected chi connectivity index (χ3v) is 5.97. The molecule has 0 radical (unpaired) electrons. The van der Waals surface area contributed by atoms with Crippen LogP contribution >= 0.6 is 0 Å². The number of sulfone groups is 1. The molecule has 1 unspecified atom stereocenters. The third kappa shape index (κ3) is 6.30. The van der Waals surface area contributed by atoms with Crippen LogP contribution in [0.1, 0.15) is 50.9 Å². The molecule has 2 rings (SSSR count). The van der Waals surface area contributed by atoms with Gasteiger partial charge in [-0.05, 0) is 37.3 Å². The number of carbonyl (C=O) groups excluding carboxylic acids is 1. The lowest BCUT2D eigenvalue weighted by Crippen LogP contribution is -2.43. The third-order valence-electron chi connectivity index (χ3n) is 4.36. The van der Waals surface area contributed by atoms with Gasteiger partial charge >= 0.3 is 0 Å². The molecule has 1 aliphatic heterocycles. The topological polar surface area (TPSA) is 79.4 Å². The van der Waals surface area contributed by atoms with Gasteiger partial charge in [0.15, 0.2) is 9.84 Å². The molecule has 0 bridgehead atoms. The Morgan fingerprint density at radius 1 is 1.28 bits per heavy atom. The number of hydrogen-bond acceptors (Lipinski definition) is 5. The van der Waals surface area contributed by atoms with Crippen LogP contribution in [0.25, 0.3) is 0 Å². The summed E-state index contributed by atoms with van der Waals surface area (Å²) in [5.74, 6) is 0.669. The summed E-state index contributed by atoms with van der Waals surface area (Å²) in [6, 6.07) is 3.86. The molecule has 0 aromatic carbocycles. The number of amides is 1. The fraction of sp³-hybridized carbons (Fsp3) is 0.667. The normalized spacial score (nSPS) is 18.6. The number of nitrogens with one attached hydrogen (secondary N) is 1. The van der Waals surface area contributed by atoms with Gasteiger partial charge in [0.25, 0.3) is 5.91 Å². The Labute approximate surface area is 150 Å². The van der Waals surface area contributed by atoms with Crippen LogP contribution in [0.3, 0.4) is 0 Å². The van der Waals surface area contributed by atoms with E-state index >= 15 is 0 Å². The summed E-state index contributed by atoms with van der Waals surface area (Å²) in [6.45, 7) is 9.31. The molecule has 0 saturated carbocycles. The first-order valence-corrected chi connectivity index (χ1v) is 10.6. The van der Waals surface area contributed by atoms with Crippen LogP contribution in [0.5, 0.6) is 0 Å². The van der Waals surface area contributed by atoms with E-state index in [0.717, 1.165) is 18.7 Å². The molecule has 1 fully saturated rings. The number of rotatable bonds is 5. The van der Waals surface area contributed by atoms with Crippen molar-refractivity contribution >= 4 is 21.6 Å². The standard InChI is InChI=1S/C18H29N3O3S/c1-14(7-8-18(2,3)4)20-16-6-5-15(13-19-16)17(22)21-9-11-25(23,24)12-10-21/h5-6,13-14H,7-12H2,1-4H3,(H,19,20). The summed E-state index contributed by atoms with van der Waals surface area (Å²) < 4.78 is 22.9. The molecule has 7 heteroatoms. The highest BCUT2D eigenvalue weighted by atomic mass is 32.2. The highest BCUT2D eigenvalue weighted by Gasteiger charge is 2.25. The number of pyridine rings is 1. The van der Waals surface area contributed by atoms with Gasteiger partial charge in [0.2, 0.25) is 0 Å². The lowest BCUT2D eigenvalue weighted by molar-refractivity contribution is 0.0770.